The molecule has 2 rings (SSSR count). The van der Waals surface area contributed by atoms with Crippen molar-refractivity contribution in [2.45, 2.75) is 36.6 Å². The van der Waals surface area contributed by atoms with Gasteiger partial charge in [0.15, 0.2) is 0 Å². The molecule has 1 aromatic rings. The van der Waals surface area contributed by atoms with Gasteiger partial charge in [-0.2, -0.15) is 0 Å². The summed E-state index contributed by atoms with van der Waals surface area (Å²) in [5.74, 6) is -0.175. The Bertz CT molecular complexity index is 522. The average molecular weight is 313 g/mol. The fourth-order valence-corrected chi connectivity index (χ4v) is 2.40. The number of carbonyl (C=O) groups is 1. The highest BCUT2D eigenvalue weighted by Crippen LogP contribution is 2.22. The van der Waals surface area contributed by atoms with Crippen molar-refractivity contribution in [2.75, 3.05) is 7.11 Å². The van der Waals surface area contributed by atoms with E-state index in [1.807, 2.05) is 0 Å². The van der Waals surface area contributed by atoms with Crippen LogP contribution in [0, 0.1) is 0 Å². The minimum atomic E-state index is -1.70. The van der Waals surface area contributed by atoms with E-state index in [0.29, 0.717) is 5.75 Å². The van der Waals surface area contributed by atoms with Crippen LogP contribution in [0.25, 0.3) is 0 Å². The first kappa shape index (κ1) is 16.7. The van der Waals surface area contributed by atoms with Gasteiger partial charge in [0, 0.05) is 5.56 Å². The second-order valence-electron chi connectivity index (χ2n) is 5.18. The molecular weight excluding hydrogens is 294 g/mol. The Kier molecular flexibility index (Phi) is 4.99. The highest BCUT2D eigenvalue weighted by atomic mass is 16.5. The van der Waals surface area contributed by atoms with Gasteiger partial charge in [-0.25, -0.2) is 0 Å². The molecule has 0 spiro atoms. The molecule has 22 heavy (non-hydrogen) atoms. The Morgan fingerprint density at radius 3 is 2.09 bits per heavy atom. The summed E-state index contributed by atoms with van der Waals surface area (Å²) >= 11 is 0. The molecule has 2 unspecified atom stereocenters. The SMILES string of the molecule is COc1cccc(C(=O)NC2[C@@H](O)[C@H](O)C(O)[C@H](O)[C@H]2O)c1. The molecule has 0 aromatic heterocycles. The molecule has 1 saturated carbocycles. The van der Waals surface area contributed by atoms with Crippen molar-refractivity contribution in [3.05, 3.63) is 29.8 Å². The number of rotatable bonds is 3. The number of methoxy groups -OCH3 is 1. The summed E-state index contributed by atoms with van der Waals surface area (Å²) in [6, 6.07) is 4.87. The van der Waals surface area contributed by atoms with Crippen molar-refractivity contribution < 1.29 is 35.1 Å². The molecule has 8 nitrogen and oxygen atoms in total. The monoisotopic (exact) mass is 313 g/mol. The van der Waals surface area contributed by atoms with Crippen molar-refractivity contribution >= 4 is 5.91 Å². The maximum Gasteiger partial charge on any atom is 0.251 e. The van der Waals surface area contributed by atoms with Crippen molar-refractivity contribution in [3.63, 3.8) is 0 Å². The van der Waals surface area contributed by atoms with E-state index in [0.717, 1.165) is 0 Å². The summed E-state index contributed by atoms with van der Waals surface area (Å²) in [5, 5.41) is 50.8. The zero-order valence-electron chi connectivity index (χ0n) is 11.8. The molecule has 0 saturated heterocycles. The molecule has 0 heterocycles. The molecule has 1 aliphatic carbocycles. The fraction of sp³-hybridized carbons (Fsp3) is 0.500. The van der Waals surface area contributed by atoms with Crippen LogP contribution in [-0.4, -0.2) is 75.1 Å². The van der Waals surface area contributed by atoms with Crippen LogP contribution >= 0.6 is 0 Å². The Hall–Kier alpha value is -1.71. The van der Waals surface area contributed by atoms with Crippen molar-refractivity contribution in [1.82, 2.24) is 5.32 Å². The van der Waals surface area contributed by atoms with Gasteiger partial charge in [0.05, 0.1) is 13.2 Å². The van der Waals surface area contributed by atoms with Gasteiger partial charge in [-0.1, -0.05) is 6.07 Å². The molecule has 0 aliphatic heterocycles. The third-order valence-electron chi connectivity index (χ3n) is 3.77. The summed E-state index contributed by atoms with van der Waals surface area (Å²) in [7, 11) is 1.44. The lowest BCUT2D eigenvalue weighted by Gasteiger charge is -2.42. The molecule has 1 aliphatic rings. The number of amides is 1. The van der Waals surface area contributed by atoms with Crippen molar-refractivity contribution in [3.8, 4) is 5.75 Å². The highest BCUT2D eigenvalue weighted by molar-refractivity contribution is 5.94. The predicted octanol–water partition coefficient (Wildman–Crippen LogP) is -2.39. The molecule has 8 heteroatoms. The number of benzene rings is 1. The number of ether oxygens (including phenoxy) is 1. The number of aliphatic hydroxyl groups is 5. The lowest BCUT2D eigenvalue weighted by Crippen LogP contribution is -2.68. The van der Waals surface area contributed by atoms with E-state index in [4.69, 9.17) is 4.74 Å². The largest absolute Gasteiger partial charge is 0.497 e. The van der Waals surface area contributed by atoms with Crippen LogP contribution < -0.4 is 10.1 Å². The summed E-state index contributed by atoms with van der Waals surface area (Å²) < 4.78 is 4.99. The van der Waals surface area contributed by atoms with E-state index < -0.39 is 42.5 Å². The Labute approximate surface area is 126 Å². The summed E-state index contributed by atoms with van der Waals surface area (Å²) in [6.45, 7) is 0. The fourth-order valence-electron chi connectivity index (χ4n) is 2.40. The molecule has 0 bridgehead atoms. The smallest absolute Gasteiger partial charge is 0.251 e. The topological polar surface area (TPSA) is 139 Å². The van der Waals surface area contributed by atoms with Gasteiger partial charge in [0.2, 0.25) is 0 Å². The minimum absolute atomic E-state index is 0.217. The normalized spacial score (nSPS) is 35.0. The van der Waals surface area contributed by atoms with Crippen LogP contribution in [0.2, 0.25) is 0 Å². The number of hydrogen-bond acceptors (Lipinski definition) is 7. The lowest BCUT2D eigenvalue weighted by molar-refractivity contribution is -0.188. The van der Waals surface area contributed by atoms with E-state index in [9.17, 15) is 30.3 Å². The average Bonchev–Trinajstić information content (AvgIpc) is 2.55. The Morgan fingerprint density at radius 2 is 1.55 bits per heavy atom. The number of nitrogens with one attached hydrogen (secondary N) is 1. The van der Waals surface area contributed by atoms with E-state index in [1.54, 1.807) is 12.1 Å². The molecule has 122 valence electrons. The number of hydrogen-bond donors (Lipinski definition) is 6. The second kappa shape index (κ2) is 6.59. The maximum atomic E-state index is 12.2. The second-order valence-corrected chi connectivity index (χ2v) is 5.18. The summed E-state index contributed by atoms with van der Waals surface area (Å²) in [5.41, 5.74) is 0.217. The van der Waals surface area contributed by atoms with E-state index in [1.165, 1.54) is 19.2 Å². The van der Waals surface area contributed by atoms with Crippen LogP contribution in [0.3, 0.4) is 0 Å². The highest BCUT2D eigenvalue weighted by Gasteiger charge is 2.48. The van der Waals surface area contributed by atoms with E-state index >= 15 is 0 Å². The first-order valence-corrected chi connectivity index (χ1v) is 6.72. The summed E-state index contributed by atoms with van der Waals surface area (Å²) in [4.78, 5) is 12.2. The van der Waals surface area contributed by atoms with Crippen molar-refractivity contribution in [1.29, 1.82) is 0 Å². The standard InChI is InChI=1S/C14H19NO7/c1-22-7-4-2-3-6(5-7)14(21)15-8-9(16)11(18)13(20)12(19)10(8)17/h2-5,8-13,16-20H,1H3,(H,15,21)/t8?,9-,10+,11+,12-,13?. The molecule has 6 atom stereocenters. The zero-order valence-corrected chi connectivity index (χ0v) is 11.8. The number of aliphatic hydroxyl groups excluding tert-OH is 5. The number of carbonyl (C=O) groups excluding carboxylic acids is 1. The minimum Gasteiger partial charge on any atom is -0.497 e. The van der Waals surface area contributed by atoms with Gasteiger partial charge in [-0.15, -0.1) is 0 Å². The summed E-state index contributed by atoms with van der Waals surface area (Å²) in [6.07, 6.45) is -8.32. The molecule has 1 amide bonds. The van der Waals surface area contributed by atoms with Gasteiger partial charge in [0.25, 0.3) is 5.91 Å². The lowest BCUT2D eigenvalue weighted by atomic mass is 9.83. The zero-order chi connectivity index (χ0) is 16.4. The van der Waals surface area contributed by atoms with Gasteiger partial charge in [-0.3, -0.25) is 4.79 Å². The van der Waals surface area contributed by atoms with Crippen LogP contribution in [0.15, 0.2) is 24.3 Å². The molecule has 0 radical (unpaired) electrons. The van der Waals surface area contributed by atoms with Crippen molar-refractivity contribution in [2.24, 2.45) is 0 Å². The van der Waals surface area contributed by atoms with Gasteiger partial charge in [0.1, 0.15) is 36.3 Å². The van der Waals surface area contributed by atoms with Gasteiger partial charge < -0.3 is 35.6 Å². The van der Waals surface area contributed by atoms with Crippen LogP contribution in [0.1, 0.15) is 10.4 Å². The molecular formula is C14H19NO7. The Balaban J connectivity index is 2.15. The first-order valence-electron chi connectivity index (χ1n) is 6.72. The van der Waals surface area contributed by atoms with Crippen LogP contribution in [-0.2, 0) is 0 Å². The Morgan fingerprint density at radius 1 is 1.00 bits per heavy atom. The van der Waals surface area contributed by atoms with Gasteiger partial charge in [-0.05, 0) is 18.2 Å². The molecule has 6 N–H and O–H groups in total. The molecule has 1 aromatic carbocycles. The maximum absolute atomic E-state index is 12.2. The quantitative estimate of drug-likeness (QED) is 0.366. The van der Waals surface area contributed by atoms with Gasteiger partial charge >= 0.3 is 0 Å². The first-order chi connectivity index (χ1) is 10.4. The van der Waals surface area contributed by atoms with E-state index in [2.05, 4.69) is 5.32 Å². The van der Waals surface area contributed by atoms with Crippen LogP contribution in [0.4, 0.5) is 0 Å². The predicted molar refractivity (Wildman–Crippen MR) is 74.3 cm³/mol. The van der Waals surface area contributed by atoms with Crippen LogP contribution in [0.5, 0.6) is 5.75 Å². The third-order valence-corrected chi connectivity index (χ3v) is 3.77. The third kappa shape index (κ3) is 3.06. The molecule has 1 fully saturated rings. The van der Waals surface area contributed by atoms with E-state index in [-0.39, 0.29) is 5.56 Å².